The van der Waals surface area contributed by atoms with Gasteiger partial charge in [-0.3, -0.25) is 4.79 Å². The van der Waals surface area contributed by atoms with Crippen LogP contribution in [0.2, 0.25) is 0 Å². The molecule has 0 saturated carbocycles. The molecule has 5 nitrogen and oxygen atoms in total. The zero-order valence-electron chi connectivity index (χ0n) is 9.16. The topological polar surface area (TPSA) is 70.6 Å². The molecule has 15 heavy (non-hydrogen) atoms. The number of hydrogen-bond donors (Lipinski definition) is 3. The van der Waals surface area contributed by atoms with Crippen molar-refractivity contribution in [2.75, 3.05) is 26.3 Å². The van der Waals surface area contributed by atoms with E-state index in [0.29, 0.717) is 13.0 Å². The molecule has 1 rings (SSSR count). The van der Waals surface area contributed by atoms with Gasteiger partial charge in [0.25, 0.3) is 0 Å². The highest BCUT2D eigenvalue weighted by Crippen LogP contribution is 2.02. The van der Waals surface area contributed by atoms with Crippen molar-refractivity contribution < 1.29 is 14.6 Å². The lowest BCUT2D eigenvalue weighted by molar-refractivity contribution is -0.125. The van der Waals surface area contributed by atoms with Gasteiger partial charge in [0.15, 0.2) is 0 Å². The zero-order chi connectivity index (χ0) is 11.1. The molecule has 2 atom stereocenters. The lowest BCUT2D eigenvalue weighted by atomic mass is 10.2. The molecular weight excluding hydrogens is 196 g/mol. The molecule has 1 amide bonds. The maximum atomic E-state index is 11.5. The molecule has 5 heteroatoms. The number of rotatable bonds is 5. The van der Waals surface area contributed by atoms with E-state index in [1.165, 1.54) is 0 Å². The van der Waals surface area contributed by atoms with E-state index in [1.807, 2.05) is 6.92 Å². The van der Waals surface area contributed by atoms with Crippen LogP contribution in [0.3, 0.4) is 0 Å². The Morgan fingerprint density at radius 3 is 3.07 bits per heavy atom. The fourth-order valence-corrected chi connectivity index (χ4v) is 1.52. The molecule has 1 fully saturated rings. The molecule has 0 aromatic rings. The van der Waals surface area contributed by atoms with Gasteiger partial charge in [-0.2, -0.15) is 0 Å². The van der Waals surface area contributed by atoms with Crippen LogP contribution in [0.15, 0.2) is 0 Å². The second-order valence-electron chi connectivity index (χ2n) is 3.76. The van der Waals surface area contributed by atoms with Crippen molar-refractivity contribution in [2.45, 2.75) is 31.9 Å². The van der Waals surface area contributed by atoms with Crippen LogP contribution >= 0.6 is 0 Å². The average molecular weight is 216 g/mol. The molecule has 0 aromatic heterocycles. The first-order valence-corrected chi connectivity index (χ1v) is 5.48. The van der Waals surface area contributed by atoms with Gasteiger partial charge in [-0.05, 0) is 6.42 Å². The summed E-state index contributed by atoms with van der Waals surface area (Å²) in [6, 6.07) is -0.131. The number of carbonyl (C=O) groups excluding carboxylic acids is 1. The molecule has 0 aliphatic carbocycles. The van der Waals surface area contributed by atoms with Crippen molar-refractivity contribution in [3.05, 3.63) is 0 Å². The van der Waals surface area contributed by atoms with Crippen molar-refractivity contribution in [1.29, 1.82) is 0 Å². The van der Waals surface area contributed by atoms with E-state index in [4.69, 9.17) is 9.84 Å². The number of carbonyl (C=O) groups is 1. The van der Waals surface area contributed by atoms with Crippen LogP contribution in [0.5, 0.6) is 0 Å². The predicted octanol–water partition coefficient (Wildman–Crippen LogP) is -0.748. The fourth-order valence-electron chi connectivity index (χ4n) is 1.52. The molecule has 1 aliphatic heterocycles. The summed E-state index contributed by atoms with van der Waals surface area (Å²) in [7, 11) is 0. The summed E-state index contributed by atoms with van der Waals surface area (Å²) in [6.45, 7) is 4.16. The zero-order valence-corrected chi connectivity index (χ0v) is 9.16. The van der Waals surface area contributed by atoms with Gasteiger partial charge >= 0.3 is 0 Å². The van der Waals surface area contributed by atoms with Crippen molar-refractivity contribution in [2.24, 2.45) is 0 Å². The third kappa shape index (κ3) is 4.59. The molecular formula is C10H20N2O3. The molecule has 1 saturated heterocycles. The highest BCUT2D eigenvalue weighted by molar-refractivity contribution is 5.76. The standard InChI is InChI=1S/C10H20N2O3/c1-2-8(7-13)12-10(14)5-9-6-11-3-4-15-9/h8-9,11,13H,2-7H2,1H3,(H,12,14)/t8-,9?/m1/s1. The van der Waals surface area contributed by atoms with Crippen LogP contribution < -0.4 is 10.6 Å². The molecule has 0 radical (unpaired) electrons. The van der Waals surface area contributed by atoms with E-state index >= 15 is 0 Å². The minimum absolute atomic E-state index is 0.00792. The normalized spacial score (nSPS) is 23.5. The SMILES string of the molecule is CC[C@H](CO)NC(=O)CC1CNCCO1. The van der Waals surface area contributed by atoms with Crippen molar-refractivity contribution in [3.63, 3.8) is 0 Å². The summed E-state index contributed by atoms with van der Waals surface area (Å²) >= 11 is 0. The van der Waals surface area contributed by atoms with Gasteiger partial charge in [0.2, 0.25) is 5.91 Å². The first-order valence-electron chi connectivity index (χ1n) is 5.48. The van der Waals surface area contributed by atoms with Gasteiger partial charge in [-0.15, -0.1) is 0 Å². The number of nitrogens with one attached hydrogen (secondary N) is 2. The molecule has 1 aliphatic rings. The Hall–Kier alpha value is -0.650. The Kier molecular flexibility index (Phi) is 5.60. The van der Waals surface area contributed by atoms with Crippen molar-refractivity contribution in [3.8, 4) is 0 Å². The van der Waals surface area contributed by atoms with Gasteiger partial charge in [0.05, 0.1) is 31.8 Å². The Labute approximate surface area is 90.2 Å². The summed E-state index contributed by atoms with van der Waals surface area (Å²) in [5.74, 6) is -0.0513. The van der Waals surface area contributed by atoms with Crippen LogP contribution in [0, 0.1) is 0 Å². The second-order valence-corrected chi connectivity index (χ2v) is 3.76. The first kappa shape index (κ1) is 12.4. The summed E-state index contributed by atoms with van der Waals surface area (Å²) < 4.78 is 5.41. The van der Waals surface area contributed by atoms with Gasteiger partial charge < -0.3 is 20.5 Å². The largest absolute Gasteiger partial charge is 0.394 e. The van der Waals surface area contributed by atoms with Crippen LogP contribution in [-0.4, -0.2) is 49.5 Å². The van der Waals surface area contributed by atoms with E-state index in [0.717, 1.165) is 19.5 Å². The maximum Gasteiger partial charge on any atom is 0.222 e. The predicted molar refractivity (Wildman–Crippen MR) is 56.5 cm³/mol. The Morgan fingerprint density at radius 1 is 1.73 bits per heavy atom. The molecule has 88 valence electrons. The van der Waals surface area contributed by atoms with Gasteiger partial charge in [0.1, 0.15) is 0 Å². The number of morpholine rings is 1. The third-order valence-corrected chi connectivity index (χ3v) is 2.50. The molecule has 3 N–H and O–H groups in total. The highest BCUT2D eigenvalue weighted by atomic mass is 16.5. The number of hydrogen-bond acceptors (Lipinski definition) is 4. The number of ether oxygens (including phenoxy) is 1. The average Bonchev–Trinajstić information content (AvgIpc) is 2.27. The summed E-state index contributed by atoms with van der Waals surface area (Å²) in [5.41, 5.74) is 0. The molecule has 0 bridgehead atoms. The molecule has 1 unspecified atom stereocenters. The Bertz CT molecular complexity index is 189. The Balaban J connectivity index is 2.21. The van der Waals surface area contributed by atoms with Crippen LogP contribution in [-0.2, 0) is 9.53 Å². The molecule has 1 heterocycles. The van der Waals surface area contributed by atoms with Crippen LogP contribution in [0.1, 0.15) is 19.8 Å². The highest BCUT2D eigenvalue weighted by Gasteiger charge is 2.18. The summed E-state index contributed by atoms with van der Waals surface area (Å²) in [5, 5.41) is 14.9. The monoisotopic (exact) mass is 216 g/mol. The number of aliphatic hydroxyl groups is 1. The van der Waals surface area contributed by atoms with Gasteiger partial charge in [-0.25, -0.2) is 0 Å². The Morgan fingerprint density at radius 2 is 2.53 bits per heavy atom. The molecule has 0 spiro atoms. The molecule has 0 aromatic carbocycles. The first-order chi connectivity index (χ1) is 7.26. The van der Waals surface area contributed by atoms with Crippen molar-refractivity contribution in [1.82, 2.24) is 10.6 Å². The lowest BCUT2D eigenvalue weighted by Crippen LogP contribution is -2.44. The van der Waals surface area contributed by atoms with E-state index in [2.05, 4.69) is 10.6 Å². The summed E-state index contributed by atoms with van der Waals surface area (Å²) in [6.07, 6.45) is 1.07. The fraction of sp³-hybridized carbons (Fsp3) is 0.900. The summed E-state index contributed by atoms with van der Waals surface area (Å²) in [4.78, 5) is 11.5. The van der Waals surface area contributed by atoms with Crippen LogP contribution in [0.25, 0.3) is 0 Å². The number of aliphatic hydroxyl groups excluding tert-OH is 1. The maximum absolute atomic E-state index is 11.5. The minimum atomic E-state index is -0.131. The third-order valence-electron chi connectivity index (χ3n) is 2.50. The second kappa shape index (κ2) is 6.76. The van der Waals surface area contributed by atoms with Crippen molar-refractivity contribution >= 4 is 5.91 Å². The smallest absolute Gasteiger partial charge is 0.222 e. The van der Waals surface area contributed by atoms with E-state index < -0.39 is 0 Å². The van der Waals surface area contributed by atoms with E-state index in [9.17, 15) is 4.79 Å². The van der Waals surface area contributed by atoms with Gasteiger partial charge in [-0.1, -0.05) is 6.92 Å². The van der Waals surface area contributed by atoms with Gasteiger partial charge in [0, 0.05) is 13.1 Å². The quantitative estimate of drug-likeness (QED) is 0.565. The van der Waals surface area contributed by atoms with E-state index in [-0.39, 0.29) is 24.7 Å². The minimum Gasteiger partial charge on any atom is -0.394 e. The lowest BCUT2D eigenvalue weighted by Gasteiger charge is -2.24. The van der Waals surface area contributed by atoms with E-state index in [1.54, 1.807) is 0 Å². The number of amides is 1. The van der Waals surface area contributed by atoms with Crippen LogP contribution in [0.4, 0.5) is 0 Å².